The predicted octanol–water partition coefficient (Wildman–Crippen LogP) is 1.74. The van der Waals surface area contributed by atoms with Gasteiger partial charge in [0.05, 0.1) is 18.2 Å². The lowest BCUT2D eigenvalue weighted by Gasteiger charge is -2.12. The van der Waals surface area contributed by atoms with Crippen LogP contribution in [0, 0.1) is 0 Å². The van der Waals surface area contributed by atoms with E-state index >= 15 is 0 Å². The standard InChI is InChI=1S/C12H20N2O2/c1-4-11(5-2)14-7-6-10(13-14)8-12(16)9(3)15/h6-7,9,11,15H,4-5,8H2,1-3H3. The van der Waals surface area contributed by atoms with E-state index in [1.165, 1.54) is 6.92 Å². The highest BCUT2D eigenvalue weighted by molar-refractivity contribution is 5.84. The number of carbonyl (C=O) groups is 1. The van der Waals surface area contributed by atoms with Crippen molar-refractivity contribution in [3.8, 4) is 0 Å². The Kier molecular flexibility index (Phi) is 4.68. The number of Topliss-reactive ketones (excluding diaryl/α,β-unsaturated/α-hetero) is 1. The summed E-state index contributed by atoms with van der Waals surface area (Å²) in [6.07, 6.45) is 3.27. The van der Waals surface area contributed by atoms with Crippen molar-refractivity contribution in [3.05, 3.63) is 18.0 Å². The van der Waals surface area contributed by atoms with Crippen LogP contribution in [0.25, 0.3) is 0 Å². The van der Waals surface area contributed by atoms with Gasteiger partial charge in [0.25, 0.3) is 0 Å². The normalized spacial score (nSPS) is 13.1. The van der Waals surface area contributed by atoms with Crippen LogP contribution >= 0.6 is 0 Å². The molecule has 0 saturated carbocycles. The first-order valence-electron chi connectivity index (χ1n) is 5.83. The molecule has 4 nitrogen and oxygen atoms in total. The number of aliphatic hydroxyl groups excluding tert-OH is 1. The molecule has 90 valence electrons. The van der Waals surface area contributed by atoms with E-state index in [-0.39, 0.29) is 12.2 Å². The van der Waals surface area contributed by atoms with Crippen LogP contribution in [0.5, 0.6) is 0 Å². The second-order valence-corrected chi connectivity index (χ2v) is 4.08. The highest BCUT2D eigenvalue weighted by atomic mass is 16.3. The molecule has 0 bridgehead atoms. The van der Waals surface area contributed by atoms with Crippen molar-refractivity contribution in [1.29, 1.82) is 0 Å². The van der Waals surface area contributed by atoms with Gasteiger partial charge in [-0.25, -0.2) is 0 Å². The van der Waals surface area contributed by atoms with Crippen molar-refractivity contribution in [2.75, 3.05) is 0 Å². The number of ketones is 1. The minimum absolute atomic E-state index is 0.185. The first-order chi connectivity index (χ1) is 7.58. The van der Waals surface area contributed by atoms with Crippen LogP contribution in [0.4, 0.5) is 0 Å². The van der Waals surface area contributed by atoms with Crippen LogP contribution in [0.15, 0.2) is 12.3 Å². The Morgan fingerprint density at radius 2 is 2.12 bits per heavy atom. The number of nitrogens with zero attached hydrogens (tertiary/aromatic N) is 2. The number of carbonyl (C=O) groups excluding carboxylic acids is 1. The maximum atomic E-state index is 11.3. The van der Waals surface area contributed by atoms with E-state index in [4.69, 9.17) is 5.11 Å². The maximum Gasteiger partial charge on any atom is 0.166 e. The fourth-order valence-electron chi connectivity index (χ4n) is 1.66. The van der Waals surface area contributed by atoms with E-state index in [0.717, 1.165) is 18.5 Å². The summed E-state index contributed by atoms with van der Waals surface area (Å²) in [5, 5.41) is 13.5. The minimum atomic E-state index is -0.904. The molecule has 1 N–H and O–H groups in total. The molecular weight excluding hydrogens is 204 g/mol. The molecule has 0 aliphatic carbocycles. The van der Waals surface area contributed by atoms with Gasteiger partial charge in [-0.2, -0.15) is 5.10 Å². The highest BCUT2D eigenvalue weighted by Crippen LogP contribution is 2.14. The quantitative estimate of drug-likeness (QED) is 0.800. The lowest BCUT2D eigenvalue weighted by atomic mass is 10.1. The third-order valence-corrected chi connectivity index (χ3v) is 2.80. The molecule has 0 aromatic carbocycles. The van der Waals surface area contributed by atoms with Gasteiger partial charge in [-0.3, -0.25) is 9.48 Å². The zero-order chi connectivity index (χ0) is 12.1. The van der Waals surface area contributed by atoms with Crippen LogP contribution in [0.1, 0.15) is 45.3 Å². The van der Waals surface area contributed by atoms with Crippen LogP contribution in [0.2, 0.25) is 0 Å². The summed E-state index contributed by atoms with van der Waals surface area (Å²) in [5.74, 6) is -0.185. The van der Waals surface area contributed by atoms with Gasteiger partial charge in [-0.05, 0) is 25.8 Å². The SMILES string of the molecule is CCC(CC)n1ccc(CC(=O)C(C)O)n1. The van der Waals surface area contributed by atoms with Gasteiger partial charge in [-0.15, -0.1) is 0 Å². The molecule has 0 amide bonds. The van der Waals surface area contributed by atoms with Crippen LogP contribution in [-0.4, -0.2) is 26.8 Å². The molecule has 1 atom stereocenters. The Labute approximate surface area is 96.3 Å². The smallest absolute Gasteiger partial charge is 0.166 e. The van der Waals surface area contributed by atoms with E-state index < -0.39 is 6.10 Å². The summed E-state index contributed by atoms with van der Waals surface area (Å²) >= 11 is 0. The molecule has 4 heteroatoms. The Bertz CT molecular complexity index is 341. The summed E-state index contributed by atoms with van der Waals surface area (Å²) < 4.78 is 1.91. The number of aromatic nitrogens is 2. The molecule has 16 heavy (non-hydrogen) atoms. The summed E-state index contributed by atoms with van der Waals surface area (Å²) in [6.45, 7) is 5.73. The molecule has 1 aromatic heterocycles. The molecule has 0 radical (unpaired) electrons. The van der Waals surface area contributed by atoms with Crippen LogP contribution in [0.3, 0.4) is 0 Å². The summed E-state index contributed by atoms with van der Waals surface area (Å²) in [6, 6.07) is 2.24. The topological polar surface area (TPSA) is 55.1 Å². The van der Waals surface area contributed by atoms with E-state index in [0.29, 0.717) is 6.04 Å². The molecule has 1 aromatic rings. The number of rotatable bonds is 6. The molecule has 0 aliphatic heterocycles. The number of hydrogen-bond donors (Lipinski definition) is 1. The monoisotopic (exact) mass is 224 g/mol. The summed E-state index contributed by atoms with van der Waals surface area (Å²) in [7, 11) is 0. The Balaban J connectivity index is 2.68. The molecule has 1 heterocycles. The van der Waals surface area contributed by atoms with E-state index in [1.54, 1.807) is 0 Å². The van der Waals surface area contributed by atoms with Crippen LogP contribution in [-0.2, 0) is 11.2 Å². The van der Waals surface area contributed by atoms with Gasteiger partial charge in [0, 0.05) is 6.20 Å². The fraction of sp³-hybridized carbons (Fsp3) is 0.667. The summed E-state index contributed by atoms with van der Waals surface area (Å²) in [4.78, 5) is 11.3. The van der Waals surface area contributed by atoms with Crippen molar-refractivity contribution < 1.29 is 9.90 Å². The average molecular weight is 224 g/mol. The molecule has 1 unspecified atom stereocenters. The Hall–Kier alpha value is -1.16. The lowest BCUT2D eigenvalue weighted by Crippen LogP contribution is -2.18. The molecule has 0 fully saturated rings. The van der Waals surface area contributed by atoms with Crippen molar-refractivity contribution in [3.63, 3.8) is 0 Å². The second-order valence-electron chi connectivity index (χ2n) is 4.08. The van der Waals surface area contributed by atoms with Gasteiger partial charge in [0.2, 0.25) is 0 Å². The van der Waals surface area contributed by atoms with Crippen LogP contribution < -0.4 is 0 Å². The molecule has 0 aliphatic rings. The molecular formula is C12H20N2O2. The highest BCUT2D eigenvalue weighted by Gasteiger charge is 2.13. The van der Waals surface area contributed by atoms with Crippen molar-refractivity contribution >= 4 is 5.78 Å². The zero-order valence-corrected chi connectivity index (χ0v) is 10.2. The molecule has 0 saturated heterocycles. The molecule has 0 spiro atoms. The largest absolute Gasteiger partial charge is 0.386 e. The van der Waals surface area contributed by atoms with Crippen molar-refractivity contribution in [2.45, 2.75) is 52.2 Å². The first-order valence-corrected chi connectivity index (χ1v) is 5.83. The van der Waals surface area contributed by atoms with Crippen molar-refractivity contribution in [2.24, 2.45) is 0 Å². The minimum Gasteiger partial charge on any atom is -0.386 e. The maximum absolute atomic E-state index is 11.3. The van der Waals surface area contributed by atoms with E-state index in [1.807, 2.05) is 16.9 Å². The Morgan fingerprint density at radius 1 is 1.50 bits per heavy atom. The lowest BCUT2D eigenvalue weighted by molar-refractivity contribution is -0.125. The average Bonchev–Trinajstić information content (AvgIpc) is 2.68. The van der Waals surface area contributed by atoms with Gasteiger partial charge < -0.3 is 5.11 Å². The summed E-state index contributed by atoms with van der Waals surface area (Å²) in [5.41, 5.74) is 0.734. The van der Waals surface area contributed by atoms with Gasteiger partial charge in [0.15, 0.2) is 5.78 Å². The fourth-order valence-corrected chi connectivity index (χ4v) is 1.66. The van der Waals surface area contributed by atoms with Crippen molar-refractivity contribution in [1.82, 2.24) is 9.78 Å². The zero-order valence-electron chi connectivity index (χ0n) is 10.2. The third kappa shape index (κ3) is 3.17. The Morgan fingerprint density at radius 3 is 2.62 bits per heavy atom. The number of hydrogen-bond acceptors (Lipinski definition) is 3. The number of aliphatic hydroxyl groups is 1. The van der Waals surface area contributed by atoms with Gasteiger partial charge in [-0.1, -0.05) is 13.8 Å². The molecule has 1 rings (SSSR count). The van der Waals surface area contributed by atoms with E-state index in [9.17, 15) is 4.79 Å². The third-order valence-electron chi connectivity index (χ3n) is 2.80. The second kappa shape index (κ2) is 5.80. The van der Waals surface area contributed by atoms with Gasteiger partial charge >= 0.3 is 0 Å². The van der Waals surface area contributed by atoms with E-state index in [2.05, 4.69) is 18.9 Å². The predicted molar refractivity (Wildman–Crippen MR) is 62.2 cm³/mol. The van der Waals surface area contributed by atoms with Gasteiger partial charge in [0.1, 0.15) is 6.10 Å². The first kappa shape index (κ1) is 12.9.